The Morgan fingerprint density at radius 3 is 2.67 bits per heavy atom. The van der Waals surface area contributed by atoms with E-state index in [2.05, 4.69) is 15.3 Å². The summed E-state index contributed by atoms with van der Waals surface area (Å²) in [7, 11) is 0. The summed E-state index contributed by atoms with van der Waals surface area (Å²) < 4.78 is 11.3. The fraction of sp³-hybridized carbons (Fsp3) is 0.400. The van der Waals surface area contributed by atoms with E-state index in [1.54, 1.807) is 6.20 Å². The van der Waals surface area contributed by atoms with Gasteiger partial charge in [0.1, 0.15) is 5.75 Å². The minimum Gasteiger partial charge on any atom is -0.491 e. The molecule has 0 aliphatic heterocycles. The molecule has 2 aromatic rings. The first-order valence-electron chi connectivity index (χ1n) is 9.00. The van der Waals surface area contributed by atoms with Gasteiger partial charge in [-0.15, -0.1) is 24.0 Å². The number of nitrogens with two attached hydrogens (primary N) is 1. The molecule has 146 valence electrons. The molecule has 7 heteroatoms. The van der Waals surface area contributed by atoms with Crippen LogP contribution in [-0.4, -0.2) is 23.7 Å². The van der Waals surface area contributed by atoms with Crippen molar-refractivity contribution in [1.29, 1.82) is 0 Å². The van der Waals surface area contributed by atoms with E-state index in [0.717, 1.165) is 23.6 Å². The fourth-order valence-corrected chi connectivity index (χ4v) is 2.37. The van der Waals surface area contributed by atoms with Crippen LogP contribution >= 0.6 is 24.0 Å². The molecule has 27 heavy (non-hydrogen) atoms. The van der Waals surface area contributed by atoms with Crippen molar-refractivity contribution >= 4 is 35.6 Å². The monoisotopic (exact) mass is 482 g/mol. The van der Waals surface area contributed by atoms with Crippen LogP contribution < -0.4 is 20.5 Å². The summed E-state index contributed by atoms with van der Waals surface area (Å²) in [5, 5.41) is 3.08. The number of rotatable bonds is 8. The molecule has 6 nitrogen and oxygen atoms in total. The van der Waals surface area contributed by atoms with E-state index in [-0.39, 0.29) is 30.1 Å². The zero-order valence-corrected chi connectivity index (χ0v) is 18.1. The standard InChI is InChI=1S/C20H26N4O2.HI/c1-14(2)26-18-7-5-17(6-8-18)24-20(21)23-12-16-9-10-22-19(11-16)25-13-15-3-4-15;/h5-11,14-15H,3-4,12-13H2,1-2H3,(H3,21,23,24);1H. The Labute approximate surface area is 177 Å². The normalized spacial score (nSPS) is 13.8. The molecule has 0 radical (unpaired) electrons. The van der Waals surface area contributed by atoms with Crippen LogP contribution in [0.4, 0.5) is 5.69 Å². The number of nitrogens with zero attached hydrogens (tertiary/aromatic N) is 2. The van der Waals surface area contributed by atoms with Crippen LogP contribution in [0, 0.1) is 5.92 Å². The summed E-state index contributed by atoms with van der Waals surface area (Å²) in [6.07, 6.45) is 4.41. The molecule has 0 amide bonds. The molecule has 0 atom stereocenters. The van der Waals surface area contributed by atoms with Crippen molar-refractivity contribution in [2.24, 2.45) is 16.6 Å². The van der Waals surface area contributed by atoms with Crippen LogP contribution in [-0.2, 0) is 6.54 Å². The molecule has 0 unspecified atom stereocenters. The summed E-state index contributed by atoms with van der Waals surface area (Å²) in [5.41, 5.74) is 7.85. The van der Waals surface area contributed by atoms with Gasteiger partial charge in [0.25, 0.3) is 0 Å². The molecule has 0 spiro atoms. The van der Waals surface area contributed by atoms with E-state index in [4.69, 9.17) is 15.2 Å². The van der Waals surface area contributed by atoms with Crippen LogP contribution in [0.25, 0.3) is 0 Å². The Kier molecular flexibility index (Phi) is 8.15. The second kappa shape index (κ2) is 10.3. The van der Waals surface area contributed by atoms with Crippen LogP contribution in [0.1, 0.15) is 32.3 Å². The molecule has 1 aromatic heterocycles. The average Bonchev–Trinajstić information content (AvgIpc) is 3.44. The van der Waals surface area contributed by atoms with Gasteiger partial charge >= 0.3 is 0 Å². The number of hydrogen-bond donors (Lipinski definition) is 2. The SMILES string of the molecule is CC(C)Oc1ccc(NC(N)=NCc2ccnc(OCC3CC3)c2)cc1.I. The van der Waals surface area contributed by atoms with Gasteiger partial charge in [-0.3, -0.25) is 0 Å². The number of anilines is 1. The van der Waals surface area contributed by atoms with Crippen molar-refractivity contribution in [1.82, 2.24) is 4.98 Å². The molecular formula is C20H27IN4O2. The summed E-state index contributed by atoms with van der Waals surface area (Å²) in [6.45, 7) is 5.21. The zero-order chi connectivity index (χ0) is 18.4. The molecule has 1 heterocycles. The number of halogens is 1. The second-order valence-corrected chi connectivity index (χ2v) is 6.77. The van der Waals surface area contributed by atoms with E-state index in [1.165, 1.54) is 12.8 Å². The highest BCUT2D eigenvalue weighted by molar-refractivity contribution is 14.0. The third-order valence-electron chi connectivity index (χ3n) is 3.89. The summed E-state index contributed by atoms with van der Waals surface area (Å²) in [5.74, 6) is 2.55. The van der Waals surface area contributed by atoms with E-state index in [1.807, 2.05) is 50.2 Å². The van der Waals surface area contributed by atoms with Crippen molar-refractivity contribution < 1.29 is 9.47 Å². The van der Waals surface area contributed by atoms with E-state index in [9.17, 15) is 0 Å². The third-order valence-corrected chi connectivity index (χ3v) is 3.89. The number of guanidine groups is 1. The first kappa shape index (κ1) is 21.3. The lowest BCUT2D eigenvalue weighted by Gasteiger charge is -2.11. The Bertz CT molecular complexity index is 746. The quantitative estimate of drug-likeness (QED) is 0.335. The van der Waals surface area contributed by atoms with E-state index in [0.29, 0.717) is 24.3 Å². The minimum atomic E-state index is 0. The number of ether oxygens (including phenoxy) is 2. The van der Waals surface area contributed by atoms with Crippen LogP contribution in [0.5, 0.6) is 11.6 Å². The molecule has 1 aliphatic rings. The molecule has 1 fully saturated rings. The molecule has 0 bridgehead atoms. The number of pyridine rings is 1. The maximum Gasteiger partial charge on any atom is 0.213 e. The van der Waals surface area contributed by atoms with E-state index < -0.39 is 0 Å². The topological polar surface area (TPSA) is 81.8 Å². The highest BCUT2D eigenvalue weighted by Gasteiger charge is 2.22. The predicted octanol–water partition coefficient (Wildman–Crippen LogP) is 4.20. The molecule has 3 N–H and O–H groups in total. The van der Waals surface area contributed by atoms with Crippen LogP contribution in [0.2, 0.25) is 0 Å². The summed E-state index contributed by atoms with van der Waals surface area (Å²) >= 11 is 0. The number of hydrogen-bond acceptors (Lipinski definition) is 4. The lowest BCUT2D eigenvalue weighted by molar-refractivity contribution is 0.242. The second-order valence-electron chi connectivity index (χ2n) is 6.77. The van der Waals surface area contributed by atoms with Gasteiger partial charge in [0, 0.05) is 18.0 Å². The maximum atomic E-state index is 5.98. The summed E-state index contributed by atoms with van der Waals surface area (Å²) in [4.78, 5) is 8.61. The predicted molar refractivity (Wildman–Crippen MR) is 119 cm³/mol. The van der Waals surface area contributed by atoms with Crippen molar-refractivity contribution in [2.75, 3.05) is 11.9 Å². The van der Waals surface area contributed by atoms with Crippen LogP contribution in [0.15, 0.2) is 47.6 Å². The van der Waals surface area contributed by atoms with Gasteiger partial charge in [0.2, 0.25) is 5.88 Å². The Morgan fingerprint density at radius 2 is 2.00 bits per heavy atom. The van der Waals surface area contributed by atoms with Gasteiger partial charge in [-0.25, -0.2) is 9.98 Å². The summed E-state index contributed by atoms with van der Waals surface area (Å²) in [6, 6.07) is 11.5. The van der Waals surface area contributed by atoms with Gasteiger partial charge in [-0.05, 0) is 68.5 Å². The smallest absolute Gasteiger partial charge is 0.213 e. The first-order chi connectivity index (χ1) is 12.6. The molecular weight excluding hydrogens is 455 g/mol. The lowest BCUT2D eigenvalue weighted by Crippen LogP contribution is -2.22. The maximum absolute atomic E-state index is 5.98. The Morgan fingerprint density at radius 1 is 1.26 bits per heavy atom. The molecule has 3 rings (SSSR count). The number of aliphatic imine (C=N–C) groups is 1. The van der Waals surface area contributed by atoms with Crippen molar-refractivity contribution in [3.05, 3.63) is 48.2 Å². The number of nitrogens with one attached hydrogen (secondary N) is 1. The minimum absolute atomic E-state index is 0. The van der Waals surface area contributed by atoms with Gasteiger partial charge in [0.05, 0.1) is 19.3 Å². The largest absolute Gasteiger partial charge is 0.491 e. The third kappa shape index (κ3) is 7.62. The average molecular weight is 482 g/mol. The fourth-order valence-electron chi connectivity index (χ4n) is 2.37. The molecule has 1 aliphatic carbocycles. The molecule has 1 aromatic carbocycles. The van der Waals surface area contributed by atoms with Gasteiger partial charge in [-0.2, -0.15) is 0 Å². The van der Waals surface area contributed by atoms with Gasteiger partial charge in [0.15, 0.2) is 5.96 Å². The van der Waals surface area contributed by atoms with Crippen molar-refractivity contribution in [3.8, 4) is 11.6 Å². The molecule has 1 saturated carbocycles. The highest BCUT2D eigenvalue weighted by atomic mass is 127. The Balaban J connectivity index is 0.00000261. The van der Waals surface area contributed by atoms with E-state index >= 15 is 0 Å². The number of aromatic nitrogens is 1. The van der Waals surface area contributed by atoms with Crippen molar-refractivity contribution in [2.45, 2.75) is 39.3 Å². The van der Waals surface area contributed by atoms with Crippen molar-refractivity contribution in [3.63, 3.8) is 0 Å². The van der Waals surface area contributed by atoms with Gasteiger partial charge < -0.3 is 20.5 Å². The zero-order valence-electron chi connectivity index (χ0n) is 15.7. The lowest BCUT2D eigenvalue weighted by atomic mass is 10.2. The molecule has 0 saturated heterocycles. The highest BCUT2D eigenvalue weighted by Crippen LogP contribution is 2.29. The Hall–Kier alpha value is -2.03. The van der Waals surface area contributed by atoms with Gasteiger partial charge in [-0.1, -0.05) is 0 Å². The first-order valence-corrected chi connectivity index (χ1v) is 9.00. The number of benzene rings is 1. The van der Waals surface area contributed by atoms with Crippen LogP contribution in [0.3, 0.4) is 0 Å².